The Morgan fingerprint density at radius 3 is 2.68 bits per heavy atom. The van der Waals surface area contributed by atoms with Gasteiger partial charge in [0, 0.05) is 23.3 Å². The number of rotatable bonds is 2. The summed E-state index contributed by atoms with van der Waals surface area (Å²) in [5.74, 6) is -1.52. The van der Waals surface area contributed by atoms with Crippen LogP contribution in [-0.2, 0) is 0 Å². The molecule has 0 aliphatic heterocycles. The zero-order valence-corrected chi connectivity index (χ0v) is 9.83. The Hall–Kier alpha value is -2.05. The second-order valence-corrected chi connectivity index (χ2v) is 3.98. The van der Waals surface area contributed by atoms with Gasteiger partial charge in [0.2, 0.25) is 0 Å². The van der Waals surface area contributed by atoms with Crippen molar-refractivity contribution in [2.45, 2.75) is 19.2 Å². The van der Waals surface area contributed by atoms with Crippen molar-refractivity contribution in [1.82, 2.24) is 4.98 Å². The third-order valence-corrected chi connectivity index (χ3v) is 2.59. The summed E-state index contributed by atoms with van der Waals surface area (Å²) in [6.07, 6.45) is -5.41. The number of anilines is 1. The summed E-state index contributed by atoms with van der Waals surface area (Å²) >= 11 is 0. The highest BCUT2D eigenvalue weighted by Crippen LogP contribution is 2.34. The Balaban J connectivity index is 2.54. The van der Waals surface area contributed by atoms with Crippen LogP contribution in [0.5, 0.6) is 5.75 Å². The van der Waals surface area contributed by atoms with Gasteiger partial charge in [-0.05, 0) is 19.1 Å². The predicted octanol–water partition coefficient (Wildman–Crippen LogP) is 3.29. The summed E-state index contributed by atoms with van der Waals surface area (Å²) in [5, 5.41) is 0.341. The van der Waals surface area contributed by atoms with Crippen LogP contribution in [0.2, 0.25) is 0 Å². The third-order valence-electron chi connectivity index (χ3n) is 2.59. The van der Waals surface area contributed by atoms with E-state index >= 15 is 0 Å². The lowest BCUT2D eigenvalue weighted by atomic mass is 10.1. The normalized spacial score (nSPS) is 13.5. The van der Waals surface area contributed by atoms with Gasteiger partial charge in [-0.25, -0.2) is 4.39 Å². The van der Waals surface area contributed by atoms with Gasteiger partial charge >= 0.3 is 6.18 Å². The van der Waals surface area contributed by atoms with Gasteiger partial charge < -0.3 is 10.5 Å². The highest BCUT2D eigenvalue weighted by Gasteiger charge is 2.39. The highest BCUT2D eigenvalue weighted by molar-refractivity contribution is 5.94. The maximum absolute atomic E-state index is 13.7. The Kier molecular flexibility index (Phi) is 3.21. The lowest BCUT2D eigenvalue weighted by molar-refractivity contribution is -0.189. The molecule has 2 rings (SSSR count). The Bertz CT molecular complexity index is 612. The number of hydrogen-bond donors (Lipinski definition) is 1. The van der Waals surface area contributed by atoms with Crippen LogP contribution in [0.25, 0.3) is 10.9 Å². The van der Waals surface area contributed by atoms with E-state index in [1.165, 1.54) is 12.3 Å². The molecule has 1 heterocycles. The van der Waals surface area contributed by atoms with Crippen LogP contribution in [0.4, 0.5) is 23.2 Å². The standard InChI is InChI=1S/C12H10F4N2O/c1-6(12(14,15)16)19-11-8(13)5-9(17)7-3-2-4-18-10(7)11/h2-6H,17H2,1H3. The van der Waals surface area contributed by atoms with Gasteiger partial charge in [-0.3, -0.25) is 4.98 Å². The molecule has 0 amide bonds. The number of nitrogens with two attached hydrogens (primary N) is 1. The second kappa shape index (κ2) is 4.56. The van der Waals surface area contributed by atoms with Gasteiger partial charge in [0.15, 0.2) is 17.7 Å². The molecule has 7 heteroatoms. The number of nitrogens with zero attached hydrogens (tertiary/aromatic N) is 1. The smallest absolute Gasteiger partial charge is 0.425 e. The van der Waals surface area contributed by atoms with E-state index in [1.807, 2.05) is 0 Å². The molecule has 19 heavy (non-hydrogen) atoms. The number of aromatic nitrogens is 1. The van der Waals surface area contributed by atoms with E-state index in [4.69, 9.17) is 5.73 Å². The van der Waals surface area contributed by atoms with E-state index in [0.29, 0.717) is 5.39 Å². The molecule has 3 nitrogen and oxygen atoms in total. The summed E-state index contributed by atoms with van der Waals surface area (Å²) in [7, 11) is 0. The van der Waals surface area contributed by atoms with Gasteiger partial charge in [-0.15, -0.1) is 0 Å². The summed E-state index contributed by atoms with van der Waals surface area (Å²) < 4.78 is 55.7. The maximum atomic E-state index is 13.7. The van der Waals surface area contributed by atoms with Crippen molar-refractivity contribution in [3.8, 4) is 5.75 Å². The molecule has 1 aromatic heterocycles. The topological polar surface area (TPSA) is 48.1 Å². The largest absolute Gasteiger partial charge is 0.476 e. The van der Waals surface area contributed by atoms with E-state index < -0.39 is 23.8 Å². The molecule has 0 saturated carbocycles. The summed E-state index contributed by atoms with van der Waals surface area (Å²) in [5.41, 5.74) is 5.64. The van der Waals surface area contributed by atoms with Crippen LogP contribution in [0.15, 0.2) is 24.4 Å². The fourth-order valence-electron chi connectivity index (χ4n) is 1.57. The van der Waals surface area contributed by atoms with Crippen LogP contribution >= 0.6 is 0 Å². The summed E-state index contributed by atoms with van der Waals surface area (Å²) in [4.78, 5) is 3.83. The van der Waals surface area contributed by atoms with Crippen molar-refractivity contribution >= 4 is 16.6 Å². The Labute approximate surface area is 106 Å². The van der Waals surface area contributed by atoms with Crippen molar-refractivity contribution in [1.29, 1.82) is 0 Å². The number of pyridine rings is 1. The van der Waals surface area contributed by atoms with Crippen molar-refractivity contribution in [3.05, 3.63) is 30.2 Å². The van der Waals surface area contributed by atoms with Crippen LogP contribution in [0, 0.1) is 5.82 Å². The van der Waals surface area contributed by atoms with Crippen molar-refractivity contribution < 1.29 is 22.3 Å². The molecule has 1 aromatic carbocycles. The number of fused-ring (bicyclic) bond motifs is 1. The first-order chi connectivity index (χ1) is 8.80. The fraction of sp³-hybridized carbons (Fsp3) is 0.250. The molecule has 102 valence electrons. The molecule has 1 atom stereocenters. The lowest BCUT2D eigenvalue weighted by Crippen LogP contribution is -2.31. The average Bonchev–Trinajstić information content (AvgIpc) is 2.33. The minimum atomic E-state index is -4.59. The number of alkyl halides is 3. The quantitative estimate of drug-likeness (QED) is 0.675. The Morgan fingerprint density at radius 2 is 2.05 bits per heavy atom. The number of nitrogen functional groups attached to an aromatic ring is 1. The van der Waals surface area contributed by atoms with Gasteiger partial charge in [-0.2, -0.15) is 13.2 Å². The van der Waals surface area contributed by atoms with Crippen molar-refractivity contribution in [2.75, 3.05) is 5.73 Å². The lowest BCUT2D eigenvalue weighted by Gasteiger charge is -2.19. The molecule has 0 aliphatic carbocycles. The molecule has 0 radical (unpaired) electrons. The van der Waals surface area contributed by atoms with E-state index in [9.17, 15) is 17.6 Å². The average molecular weight is 274 g/mol. The zero-order chi connectivity index (χ0) is 14.2. The molecule has 0 spiro atoms. The monoisotopic (exact) mass is 274 g/mol. The molecule has 2 N–H and O–H groups in total. The minimum Gasteiger partial charge on any atom is -0.476 e. The van der Waals surface area contributed by atoms with E-state index in [-0.39, 0.29) is 11.2 Å². The third kappa shape index (κ3) is 2.54. The van der Waals surface area contributed by atoms with Crippen LogP contribution in [0.1, 0.15) is 6.92 Å². The number of benzene rings is 1. The molecule has 2 aromatic rings. The van der Waals surface area contributed by atoms with Gasteiger partial charge in [-0.1, -0.05) is 0 Å². The van der Waals surface area contributed by atoms with Crippen LogP contribution < -0.4 is 10.5 Å². The van der Waals surface area contributed by atoms with Crippen molar-refractivity contribution in [2.24, 2.45) is 0 Å². The molecule has 0 saturated heterocycles. The first-order valence-electron chi connectivity index (χ1n) is 5.36. The van der Waals surface area contributed by atoms with Crippen LogP contribution in [-0.4, -0.2) is 17.3 Å². The highest BCUT2D eigenvalue weighted by atomic mass is 19.4. The molecular formula is C12H10F4N2O. The van der Waals surface area contributed by atoms with E-state index in [1.54, 1.807) is 6.07 Å². The van der Waals surface area contributed by atoms with E-state index in [2.05, 4.69) is 9.72 Å². The first-order valence-corrected chi connectivity index (χ1v) is 5.36. The summed E-state index contributed by atoms with van der Waals surface area (Å²) in [6, 6.07) is 4.00. The minimum absolute atomic E-state index is 0.0314. The van der Waals surface area contributed by atoms with Gasteiger partial charge in [0.25, 0.3) is 0 Å². The first kappa shape index (κ1) is 13.4. The SMILES string of the molecule is CC(Oc1c(F)cc(N)c2cccnc12)C(F)(F)F. The predicted molar refractivity (Wildman–Crippen MR) is 62.3 cm³/mol. The van der Waals surface area contributed by atoms with E-state index in [0.717, 1.165) is 13.0 Å². The zero-order valence-electron chi connectivity index (χ0n) is 9.83. The van der Waals surface area contributed by atoms with Gasteiger partial charge in [0.1, 0.15) is 5.52 Å². The Morgan fingerprint density at radius 1 is 1.37 bits per heavy atom. The van der Waals surface area contributed by atoms with Crippen molar-refractivity contribution in [3.63, 3.8) is 0 Å². The number of hydrogen-bond acceptors (Lipinski definition) is 3. The molecule has 1 unspecified atom stereocenters. The maximum Gasteiger partial charge on any atom is 0.425 e. The van der Waals surface area contributed by atoms with Gasteiger partial charge in [0.05, 0.1) is 0 Å². The second-order valence-electron chi connectivity index (χ2n) is 3.98. The molecule has 0 bridgehead atoms. The molecule has 0 aliphatic rings. The summed E-state index contributed by atoms with van der Waals surface area (Å²) in [6.45, 7) is 0.796. The molecule has 0 fully saturated rings. The molecular weight excluding hydrogens is 264 g/mol. The fourth-order valence-corrected chi connectivity index (χ4v) is 1.57. The number of halogens is 4. The van der Waals surface area contributed by atoms with Crippen LogP contribution in [0.3, 0.4) is 0 Å². The number of ether oxygens (including phenoxy) is 1.